The molecule has 1 aliphatic heterocycles. The number of amides is 1. The molecule has 8 nitrogen and oxygen atoms in total. The van der Waals surface area contributed by atoms with E-state index in [1.807, 2.05) is 19.1 Å². The summed E-state index contributed by atoms with van der Waals surface area (Å²) in [5.41, 5.74) is 6.37. The predicted octanol–water partition coefficient (Wildman–Crippen LogP) is 0.911. The smallest absolute Gasteiger partial charge is 0.537 e. The maximum atomic E-state index is 12.6. The Morgan fingerprint density at radius 1 is 1.33 bits per heavy atom. The monoisotopic (exact) mass is 419 g/mol. The van der Waals surface area contributed by atoms with Crippen LogP contribution in [-0.4, -0.2) is 66.1 Å². The van der Waals surface area contributed by atoms with Crippen molar-refractivity contribution in [2.24, 2.45) is 23.5 Å². The van der Waals surface area contributed by atoms with E-state index in [4.69, 9.17) is 10.4 Å². The molecule has 2 unspecified atom stereocenters. The van der Waals surface area contributed by atoms with Crippen LogP contribution in [0.1, 0.15) is 45.4 Å². The molecular formula is C21H34BN3O5. The number of allylic oxidation sites excluding steroid dienone is 2. The summed E-state index contributed by atoms with van der Waals surface area (Å²) in [6, 6.07) is 0.537. The number of nitrogens with one attached hydrogen (secondary N) is 1. The van der Waals surface area contributed by atoms with E-state index in [1.54, 1.807) is 0 Å². The van der Waals surface area contributed by atoms with Crippen molar-refractivity contribution in [3.8, 4) is 0 Å². The number of aliphatic carboxylic acids is 1. The first-order valence-corrected chi connectivity index (χ1v) is 11.0. The van der Waals surface area contributed by atoms with Crippen molar-refractivity contribution < 1.29 is 24.4 Å². The van der Waals surface area contributed by atoms with Crippen molar-refractivity contribution in [3.63, 3.8) is 0 Å². The van der Waals surface area contributed by atoms with Crippen LogP contribution in [-0.2, 0) is 14.2 Å². The zero-order valence-electron chi connectivity index (χ0n) is 17.9. The first-order valence-electron chi connectivity index (χ1n) is 11.0. The average molecular weight is 419 g/mol. The fraction of sp³-hybridized carbons (Fsp3) is 0.714. The normalized spacial score (nSPS) is 31.4. The molecule has 5 N–H and O–H groups in total. The molecule has 0 aromatic heterocycles. The SMILES string of the molecule is CC1C=CC2=C(OB(O)[C@@H](NC(=O)CC3CCC(N(C)CCN)CC3)C2)C1C(=O)O. The third-order valence-electron chi connectivity index (χ3n) is 6.77. The van der Waals surface area contributed by atoms with Gasteiger partial charge in [0.25, 0.3) is 0 Å². The number of nitrogens with zero attached hydrogens (tertiary/aromatic N) is 1. The van der Waals surface area contributed by atoms with Crippen LogP contribution in [0.5, 0.6) is 0 Å². The summed E-state index contributed by atoms with van der Waals surface area (Å²) in [6.45, 7) is 3.36. The topological polar surface area (TPSA) is 125 Å². The van der Waals surface area contributed by atoms with Gasteiger partial charge in [0, 0.05) is 25.6 Å². The lowest BCUT2D eigenvalue weighted by atomic mass is 9.69. The quantitative estimate of drug-likeness (QED) is 0.452. The van der Waals surface area contributed by atoms with E-state index < -0.39 is 24.9 Å². The highest BCUT2D eigenvalue weighted by Gasteiger charge is 2.43. The molecule has 1 fully saturated rings. The highest BCUT2D eigenvalue weighted by molar-refractivity contribution is 6.46. The Labute approximate surface area is 178 Å². The highest BCUT2D eigenvalue weighted by Crippen LogP contribution is 2.36. The van der Waals surface area contributed by atoms with Gasteiger partial charge in [-0.15, -0.1) is 0 Å². The molecule has 166 valence electrons. The van der Waals surface area contributed by atoms with Gasteiger partial charge in [-0.3, -0.25) is 9.59 Å². The van der Waals surface area contributed by atoms with E-state index in [0.717, 1.165) is 37.8 Å². The van der Waals surface area contributed by atoms with Crippen molar-refractivity contribution in [1.29, 1.82) is 0 Å². The van der Waals surface area contributed by atoms with E-state index in [-0.39, 0.29) is 11.8 Å². The van der Waals surface area contributed by atoms with E-state index in [2.05, 4.69) is 17.3 Å². The van der Waals surface area contributed by atoms with Gasteiger partial charge in [-0.1, -0.05) is 19.1 Å². The third kappa shape index (κ3) is 5.25. The van der Waals surface area contributed by atoms with Gasteiger partial charge >= 0.3 is 13.1 Å². The highest BCUT2D eigenvalue weighted by atomic mass is 16.5. The van der Waals surface area contributed by atoms with Crippen molar-refractivity contribution >= 4 is 19.0 Å². The number of rotatable bonds is 7. The molecule has 0 bridgehead atoms. The van der Waals surface area contributed by atoms with Crippen LogP contribution in [0.15, 0.2) is 23.5 Å². The van der Waals surface area contributed by atoms with Gasteiger partial charge in [-0.2, -0.15) is 0 Å². The number of likely N-dealkylation sites (N-methyl/N-ethyl adjacent to an activating group) is 1. The van der Waals surface area contributed by atoms with Crippen LogP contribution < -0.4 is 11.1 Å². The van der Waals surface area contributed by atoms with Crippen LogP contribution >= 0.6 is 0 Å². The molecule has 3 aliphatic rings. The summed E-state index contributed by atoms with van der Waals surface area (Å²) >= 11 is 0. The van der Waals surface area contributed by atoms with Gasteiger partial charge in [-0.05, 0) is 56.6 Å². The molecule has 0 aromatic carbocycles. The zero-order valence-corrected chi connectivity index (χ0v) is 17.9. The van der Waals surface area contributed by atoms with Crippen LogP contribution in [0.4, 0.5) is 0 Å². The fourth-order valence-corrected chi connectivity index (χ4v) is 4.93. The molecule has 30 heavy (non-hydrogen) atoms. The number of carbonyl (C=O) groups is 2. The fourth-order valence-electron chi connectivity index (χ4n) is 4.93. The first-order chi connectivity index (χ1) is 14.3. The second-order valence-corrected chi connectivity index (χ2v) is 8.96. The molecule has 0 spiro atoms. The van der Waals surface area contributed by atoms with E-state index in [0.29, 0.717) is 37.1 Å². The number of nitrogens with two attached hydrogens (primary N) is 1. The molecule has 3 atom stereocenters. The Morgan fingerprint density at radius 2 is 2.03 bits per heavy atom. The first kappa shape index (κ1) is 22.8. The van der Waals surface area contributed by atoms with Crippen LogP contribution in [0.2, 0.25) is 0 Å². The number of carbonyl (C=O) groups excluding carboxylic acids is 1. The van der Waals surface area contributed by atoms with E-state index >= 15 is 0 Å². The Bertz CT molecular complexity index is 705. The Kier molecular flexibility index (Phi) is 7.60. The minimum absolute atomic E-state index is 0.0894. The second-order valence-electron chi connectivity index (χ2n) is 8.96. The van der Waals surface area contributed by atoms with Gasteiger partial charge in [0.2, 0.25) is 5.91 Å². The molecule has 1 saturated carbocycles. The van der Waals surface area contributed by atoms with Gasteiger partial charge < -0.3 is 30.7 Å². The Hall–Kier alpha value is -1.84. The Morgan fingerprint density at radius 3 is 2.67 bits per heavy atom. The maximum Gasteiger partial charge on any atom is 0.546 e. The largest absolute Gasteiger partial charge is 0.546 e. The lowest BCUT2D eigenvalue weighted by Crippen LogP contribution is -2.52. The molecule has 2 aliphatic carbocycles. The van der Waals surface area contributed by atoms with Crippen LogP contribution in [0.25, 0.3) is 0 Å². The third-order valence-corrected chi connectivity index (χ3v) is 6.77. The molecule has 1 heterocycles. The Balaban J connectivity index is 1.51. The summed E-state index contributed by atoms with van der Waals surface area (Å²) < 4.78 is 5.57. The zero-order chi connectivity index (χ0) is 21.8. The lowest BCUT2D eigenvalue weighted by molar-refractivity contribution is -0.142. The summed E-state index contributed by atoms with van der Waals surface area (Å²) in [6.07, 6.45) is 8.65. The van der Waals surface area contributed by atoms with Gasteiger partial charge in [0.1, 0.15) is 5.92 Å². The molecule has 0 saturated heterocycles. The molecule has 9 heteroatoms. The summed E-state index contributed by atoms with van der Waals surface area (Å²) in [4.78, 5) is 26.5. The van der Waals surface area contributed by atoms with E-state index in [9.17, 15) is 19.7 Å². The standard InChI is InChI=1S/C21H34BN3O5/c1-13-3-6-15-12-17(22(29)30-20(15)19(13)21(27)28)24-18(26)11-14-4-7-16(8-5-14)25(2)10-9-23/h3,6,13-14,16-17,19,29H,4-5,7-12,23H2,1-2H3,(H,24,26)(H,27,28)/t13?,14?,16?,17-,19?/m0/s1. The number of hydrogen-bond donors (Lipinski definition) is 4. The summed E-state index contributed by atoms with van der Waals surface area (Å²) in [7, 11) is 0.863. The molecule has 0 aromatic rings. The molecule has 0 radical (unpaired) electrons. The van der Waals surface area contributed by atoms with Gasteiger partial charge in [0.05, 0.1) is 11.7 Å². The molecule has 3 rings (SSSR count). The summed E-state index contributed by atoms with van der Waals surface area (Å²) in [5.74, 6) is -1.99. The maximum absolute atomic E-state index is 12.6. The number of carboxylic acids is 1. The van der Waals surface area contributed by atoms with Gasteiger partial charge in [-0.25, -0.2) is 0 Å². The van der Waals surface area contributed by atoms with Crippen molar-refractivity contribution in [2.45, 2.75) is 57.4 Å². The molecular weight excluding hydrogens is 385 g/mol. The van der Waals surface area contributed by atoms with Crippen molar-refractivity contribution in [3.05, 3.63) is 23.5 Å². The van der Waals surface area contributed by atoms with Gasteiger partial charge in [0.15, 0.2) is 0 Å². The molecule has 1 amide bonds. The second kappa shape index (κ2) is 9.98. The minimum atomic E-state index is -1.24. The number of hydrogen-bond acceptors (Lipinski definition) is 6. The van der Waals surface area contributed by atoms with E-state index in [1.165, 1.54) is 0 Å². The van der Waals surface area contributed by atoms with Crippen LogP contribution in [0, 0.1) is 17.8 Å². The predicted molar refractivity (Wildman–Crippen MR) is 114 cm³/mol. The average Bonchev–Trinajstić information content (AvgIpc) is 2.69. The number of carboxylic acid groups (broad SMARTS) is 1. The van der Waals surface area contributed by atoms with Crippen molar-refractivity contribution in [2.75, 3.05) is 20.1 Å². The van der Waals surface area contributed by atoms with Crippen LogP contribution in [0.3, 0.4) is 0 Å². The summed E-state index contributed by atoms with van der Waals surface area (Å²) in [5, 5.41) is 22.8. The van der Waals surface area contributed by atoms with Crippen molar-refractivity contribution in [1.82, 2.24) is 10.2 Å². The lowest BCUT2D eigenvalue weighted by Gasteiger charge is -2.36. The minimum Gasteiger partial charge on any atom is -0.537 e.